The van der Waals surface area contributed by atoms with Crippen molar-refractivity contribution in [3.05, 3.63) is 48.3 Å². The summed E-state index contributed by atoms with van der Waals surface area (Å²) in [5, 5.41) is 19.4. The second-order valence-corrected chi connectivity index (χ2v) is 8.14. The van der Waals surface area contributed by atoms with Crippen LogP contribution in [0.3, 0.4) is 0 Å². The fourth-order valence-electron chi connectivity index (χ4n) is 4.53. The molecule has 0 amide bonds. The average Bonchev–Trinajstić information content (AvgIpc) is 3.11. The molecular formula is C22H23F2N3O2. The van der Waals surface area contributed by atoms with Gasteiger partial charge in [0.05, 0.1) is 6.20 Å². The van der Waals surface area contributed by atoms with Crippen LogP contribution in [0.15, 0.2) is 42.6 Å². The molecule has 1 aliphatic carbocycles. The van der Waals surface area contributed by atoms with E-state index in [-0.39, 0.29) is 6.61 Å². The van der Waals surface area contributed by atoms with E-state index >= 15 is 0 Å². The zero-order chi connectivity index (χ0) is 20.2. The van der Waals surface area contributed by atoms with Crippen molar-refractivity contribution >= 4 is 10.8 Å². The number of hydrogen-bond acceptors (Lipinski definition) is 4. The highest BCUT2D eigenvalue weighted by Gasteiger charge is 2.71. The number of likely N-dealkylation sites (tertiary alicyclic amines) is 1. The number of aryl methyl sites for hydroxylation is 1. The predicted molar refractivity (Wildman–Crippen MR) is 106 cm³/mol. The van der Waals surface area contributed by atoms with Gasteiger partial charge in [0.1, 0.15) is 18.5 Å². The third kappa shape index (κ3) is 3.18. The number of aromatic amines is 1. The molecule has 1 saturated carbocycles. The number of halogens is 2. The number of nitrogens with zero attached hydrogens (tertiary/aromatic N) is 2. The van der Waals surface area contributed by atoms with Gasteiger partial charge in [0.15, 0.2) is 0 Å². The zero-order valence-corrected chi connectivity index (χ0v) is 16.1. The van der Waals surface area contributed by atoms with Crippen LogP contribution in [0.5, 0.6) is 5.75 Å². The molecule has 5 rings (SSSR count). The monoisotopic (exact) mass is 399 g/mol. The Labute approximate surface area is 167 Å². The van der Waals surface area contributed by atoms with Crippen LogP contribution in [-0.2, 0) is 0 Å². The van der Waals surface area contributed by atoms with Crippen LogP contribution in [-0.4, -0.2) is 58.5 Å². The first kappa shape index (κ1) is 18.5. The van der Waals surface area contributed by atoms with Crippen molar-refractivity contribution in [2.75, 3.05) is 26.2 Å². The maximum Gasteiger partial charge on any atom is 0.257 e. The lowest BCUT2D eigenvalue weighted by molar-refractivity contribution is 0.0304. The molecule has 3 aromatic rings. The number of fused-ring (bicyclic) bond motifs is 2. The van der Waals surface area contributed by atoms with E-state index < -0.39 is 23.9 Å². The van der Waals surface area contributed by atoms with Crippen LogP contribution in [0.1, 0.15) is 5.69 Å². The van der Waals surface area contributed by atoms with Gasteiger partial charge in [-0.2, -0.15) is 5.10 Å². The molecule has 0 bridgehead atoms. The lowest BCUT2D eigenvalue weighted by Crippen LogP contribution is -2.37. The van der Waals surface area contributed by atoms with Crippen molar-refractivity contribution in [2.24, 2.45) is 11.8 Å². The van der Waals surface area contributed by atoms with Crippen molar-refractivity contribution < 1.29 is 18.6 Å². The summed E-state index contributed by atoms with van der Waals surface area (Å²) in [6, 6.07) is 11.9. The highest BCUT2D eigenvalue weighted by atomic mass is 19.3. The Morgan fingerprint density at radius 2 is 1.90 bits per heavy atom. The number of nitrogens with one attached hydrogen (secondary N) is 1. The summed E-state index contributed by atoms with van der Waals surface area (Å²) in [5.41, 5.74) is 3.10. The number of H-pyrrole nitrogens is 1. The Kier molecular flexibility index (Phi) is 4.33. The second kappa shape index (κ2) is 6.78. The molecular weight excluding hydrogens is 376 g/mol. The summed E-state index contributed by atoms with van der Waals surface area (Å²) < 4.78 is 32.5. The minimum Gasteiger partial charge on any atom is -0.490 e. The summed E-state index contributed by atoms with van der Waals surface area (Å²) in [5.74, 6) is -2.86. The van der Waals surface area contributed by atoms with Gasteiger partial charge in [0, 0.05) is 48.1 Å². The third-order valence-electron chi connectivity index (χ3n) is 6.18. The second-order valence-electron chi connectivity index (χ2n) is 8.14. The molecule has 0 radical (unpaired) electrons. The minimum absolute atomic E-state index is 0.121. The van der Waals surface area contributed by atoms with Gasteiger partial charge in [0.2, 0.25) is 0 Å². The maximum atomic E-state index is 13.3. The van der Waals surface area contributed by atoms with Gasteiger partial charge >= 0.3 is 0 Å². The number of piperidine rings is 1. The Morgan fingerprint density at radius 1 is 1.17 bits per heavy atom. The van der Waals surface area contributed by atoms with Crippen LogP contribution in [0.2, 0.25) is 0 Å². The molecule has 2 aromatic carbocycles. The molecule has 2 fully saturated rings. The van der Waals surface area contributed by atoms with E-state index in [1.807, 2.05) is 54.4 Å². The number of ether oxygens (including phenoxy) is 1. The number of hydrogen-bond donors (Lipinski definition) is 2. The van der Waals surface area contributed by atoms with Crippen LogP contribution in [0.4, 0.5) is 8.78 Å². The number of rotatable bonds is 6. The van der Waals surface area contributed by atoms with Crippen molar-refractivity contribution in [1.29, 1.82) is 0 Å². The van der Waals surface area contributed by atoms with E-state index in [9.17, 15) is 13.9 Å². The zero-order valence-electron chi connectivity index (χ0n) is 16.1. The van der Waals surface area contributed by atoms with Crippen molar-refractivity contribution in [2.45, 2.75) is 19.0 Å². The summed E-state index contributed by atoms with van der Waals surface area (Å²) in [6.07, 6.45) is 1.08. The normalized spacial score (nSPS) is 23.9. The highest BCUT2D eigenvalue weighted by molar-refractivity contribution is 6.00. The summed E-state index contributed by atoms with van der Waals surface area (Å²) >= 11 is 0. The van der Waals surface area contributed by atoms with E-state index in [2.05, 4.69) is 10.2 Å². The molecule has 5 nitrogen and oxygen atoms in total. The molecule has 3 atom stereocenters. The molecule has 1 aliphatic heterocycles. The SMILES string of the molecule is Cc1[nH]ncc1-c1ccc(OCC(O)CN2CC3C(C2)C3(F)F)c2ccccc12. The molecule has 2 aliphatic rings. The molecule has 7 heteroatoms. The fourth-order valence-corrected chi connectivity index (χ4v) is 4.53. The number of β-amino-alcohol motifs (C(OH)–C–C–N with tert-alkyl or cyclic N) is 1. The van der Waals surface area contributed by atoms with Gasteiger partial charge in [-0.1, -0.05) is 24.3 Å². The van der Waals surface area contributed by atoms with Crippen molar-refractivity contribution in [1.82, 2.24) is 15.1 Å². The summed E-state index contributed by atoms with van der Waals surface area (Å²) in [6.45, 7) is 3.17. The average molecular weight is 399 g/mol. The lowest BCUT2D eigenvalue weighted by atomic mass is 9.98. The number of alkyl halides is 2. The predicted octanol–water partition coefficient (Wildman–Crippen LogP) is 3.47. The van der Waals surface area contributed by atoms with Gasteiger partial charge < -0.3 is 9.84 Å². The van der Waals surface area contributed by atoms with Crippen molar-refractivity contribution in [3.63, 3.8) is 0 Å². The third-order valence-corrected chi connectivity index (χ3v) is 6.18. The van der Waals surface area contributed by atoms with E-state index in [0.717, 1.165) is 27.6 Å². The summed E-state index contributed by atoms with van der Waals surface area (Å²) in [4.78, 5) is 1.91. The molecule has 29 heavy (non-hydrogen) atoms. The summed E-state index contributed by atoms with van der Waals surface area (Å²) in [7, 11) is 0. The van der Waals surface area contributed by atoms with Crippen molar-refractivity contribution in [3.8, 4) is 16.9 Å². The number of aromatic nitrogens is 2. The molecule has 0 spiro atoms. The maximum absolute atomic E-state index is 13.3. The smallest absolute Gasteiger partial charge is 0.257 e. The molecule has 152 valence electrons. The Bertz CT molecular complexity index is 1040. The van der Waals surface area contributed by atoms with Crippen LogP contribution < -0.4 is 4.74 Å². The van der Waals surface area contributed by atoms with Crippen LogP contribution >= 0.6 is 0 Å². The van der Waals surface area contributed by atoms with Gasteiger partial charge in [-0.3, -0.25) is 10.00 Å². The fraction of sp³-hybridized carbons (Fsp3) is 0.409. The first-order valence-electron chi connectivity index (χ1n) is 9.88. The van der Waals surface area contributed by atoms with E-state index in [4.69, 9.17) is 4.74 Å². The largest absolute Gasteiger partial charge is 0.490 e. The Hall–Kier alpha value is -2.51. The quantitative estimate of drug-likeness (QED) is 0.666. The standard InChI is InChI=1S/C22H23F2N3O2/c1-13-18(8-25-26-13)16-6-7-21(17-5-3-2-4-15(16)17)29-12-14(28)9-27-10-19-20(11-27)22(19,23)24/h2-8,14,19-20,28H,9-12H2,1H3,(H,25,26). The van der Waals surface area contributed by atoms with Crippen LogP contribution in [0, 0.1) is 18.8 Å². The van der Waals surface area contributed by atoms with E-state index in [1.54, 1.807) is 0 Å². The highest BCUT2D eigenvalue weighted by Crippen LogP contribution is 2.59. The van der Waals surface area contributed by atoms with E-state index in [1.165, 1.54) is 0 Å². The van der Waals surface area contributed by atoms with Gasteiger partial charge in [-0.05, 0) is 30.0 Å². The molecule has 1 aromatic heterocycles. The Morgan fingerprint density at radius 3 is 2.59 bits per heavy atom. The molecule has 3 unspecified atom stereocenters. The number of aliphatic hydroxyl groups excluding tert-OH is 1. The number of aliphatic hydroxyl groups is 1. The van der Waals surface area contributed by atoms with Gasteiger partial charge in [0.25, 0.3) is 5.92 Å². The Balaban J connectivity index is 1.28. The molecule has 2 heterocycles. The van der Waals surface area contributed by atoms with E-state index in [0.29, 0.717) is 25.4 Å². The molecule has 2 N–H and O–H groups in total. The first-order valence-corrected chi connectivity index (χ1v) is 9.88. The van der Waals surface area contributed by atoms with Gasteiger partial charge in [-0.25, -0.2) is 8.78 Å². The number of benzene rings is 2. The van der Waals surface area contributed by atoms with Gasteiger partial charge in [-0.15, -0.1) is 0 Å². The lowest BCUT2D eigenvalue weighted by Gasteiger charge is -2.23. The topological polar surface area (TPSA) is 61.4 Å². The first-order chi connectivity index (χ1) is 13.9. The minimum atomic E-state index is -2.49. The van der Waals surface area contributed by atoms with Crippen LogP contribution in [0.25, 0.3) is 21.9 Å². The molecule has 1 saturated heterocycles.